The van der Waals surface area contributed by atoms with Gasteiger partial charge in [0.15, 0.2) is 5.96 Å². The molecular formula is C18H25Cl2IN6. The first-order valence-corrected chi connectivity index (χ1v) is 9.72. The van der Waals surface area contributed by atoms with E-state index in [0.717, 1.165) is 49.1 Å². The van der Waals surface area contributed by atoms with Gasteiger partial charge in [0.05, 0.1) is 0 Å². The number of aromatic nitrogens is 3. The zero-order valence-electron chi connectivity index (χ0n) is 15.3. The highest BCUT2D eigenvalue weighted by molar-refractivity contribution is 14.0. The predicted octanol–water partition coefficient (Wildman–Crippen LogP) is 3.84. The largest absolute Gasteiger partial charge is 0.356 e. The van der Waals surface area contributed by atoms with Crippen molar-refractivity contribution in [1.82, 2.24) is 25.4 Å². The Morgan fingerprint density at radius 1 is 1.19 bits per heavy atom. The molecule has 0 atom stereocenters. The van der Waals surface area contributed by atoms with Crippen LogP contribution < -0.4 is 10.6 Å². The van der Waals surface area contributed by atoms with Crippen molar-refractivity contribution in [2.24, 2.45) is 4.99 Å². The van der Waals surface area contributed by atoms with Gasteiger partial charge in [-0.2, -0.15) is 0 Å². The molecule has 3 rings (SSSR count). The van der Waals surface area contributed by atoms with Crippen molar-refractivity contribution in [3.8, 4) is 0 Å². The van der Waals surface area contributed by atoms with Crippen molar-refractivity contribution < 1.29 is 0 Å². The van der Waals surface area contributed by atoms with Crippen LogP contribution in [-0.4, -0.2) is 34.3 Å². The molecule has 1 aliphatic rings. The summed E-state index contributed by atoms with van der Waals surface area (Å²) in [5.74, 6) is 2.90. The third-order valence-electron chi connectivity index (χ3n) is 4.51. The van der Waals surface area contributed by atoms with Crippen LogP contribution in [0.1, 0.15) is 36.5 Å². The highest BCUT2D eigenvalue weighted by Crippen LogP contribution is 2.20. The number of fused-ring (bicyclic) bond motifs is 1. The molecule has 0 spiro atoms. The molecule has 0 saturated heterocycles. The summed E-state index contributed by atoms with van der Waals surface area (Å²) in [6, 6.07) is 5.49. The fourth-order valence-electron chi connectivity index (χ4n) is 3.09. The number of aliphatic imine (C=N–C) groups is 1. The van der Waals surface area contributed by atoms with E-state index in [1.54, 1.807) is 13.1 Å². The normalized spacial score (nSPS) is 14.1. The van der Waals surface area contributed by atoms with Crippen LogP contribution in [0, 0.1) is 0 Å². The van der Waals surface area contributed by atoms with Crippen molar-refractivity contribution in [1.29, 1.82) is 0 Å². The van der Waals surface area contributed by atoms with Gasteiger partial charge in [-0.05, 0) is 30.5 Å². The molecule has 2 heterocycles. The Kier molecular flexibility index (Phi) is 9.11. The summed E-state index contributed by atoms with van der Waals surface area (Å²) < 4.78 is 2.28. The highest BCUT2D eigenvalue weighted by Gasteiger charge is 2.14. The number of aryl methyl sites for hydroxylation is 1. The molecule has 148 valence electrons. The van der Waals surface area contributed by atoms with Gasteiger partial charge in [-0.1, -0.05) is 35.7 Å². The third kappa shape index (κ3) is 6.22. The first kappa shape index (κ1) is 22.2. The molecular weight excluding hydrogens is 498 g/mol. The van der Waals surface area contributed by atoms with E-state index in [-0.39, 0.29) is 24.0 Å². The van der Waals surface area contributed by atoms with Gasteiger partial charge < -0.3 is 15.2 Å². The first-order valence-electron chi connectivity index (χ1n) is 8.97. The average molecular weight is 523 g/mol. The molecule has 0 amide bonds. The first-order chi connectivity index (χ1) is 12.7. The maximum Gasteiger partial charge on any atom is 0.191 e. The van der Waals surface area contributed by atoms with Crippen LogP contribution in [0.25, 0.3) is 0 Å². The van der Waals surface area contributed by atoms with Gasteiger partial charge in [0.2, 0.25) is 0 Å². The minimum Gasteiger partial charge on any atom is -0.356 e. The molecule has 0 saturated carbocycles. The Morgan fingerprint density at radius 3 is 2.81 bits per heavy atom. The minimum atomic E-state index is 0. The van der Waals surface area contributed by atoms with E-state index in [1.807, 2.05) is 12.1 Å². The van der Waals surface area contributed by atoms with Crippen LogP contribution >= 0.6 is 47.2 Å². The molecule has 9 heteroatoms. The van der Waals surface area contributed by atoms with Crippen molar-refractivity contribution in [3.63, 3.8) is 0 Å². The molecule has 0 aliphatic carbocycles. The number of nitrogens with zero attached hydrogens (tertiary/aromatic N) is 4. The summed E-state index contributed by atoms with van der Waals surface area (Å²) in [6.07, 6.45) is 5.53. The van der Waals surface area contributed by atoms with Gasteiger partial charge in [-0.25, -0.2) is 0 Å². The second-order valence-electron chi connectivity index (χ2n) is 6.33. The number of guanidine groups is 1. The van der Waals surface area contributed by atoms with Gasteiger partial charge in [0.1, 0.15) is 11.6 Å². The van der Waals surface area contributed by atoms with Crippen molar-refractivity contribution in [2.75, 3.05) is 13.6 Å². The summed E-state index contributed by atoms with van der Waals surface area (Å²) in [6.45, 7) is 2.35. The maximum absolute atomic E-state index is 6.21. The fourth-order valence-corrected chi connectivity index (χ4v) is 3.56. The average Bonchev–Trinajstić information content (AvgIpc) is 2.86. The van der Waals surface area contributed by atoms with Gasteiger partial charge in [-0.3, -0.25) is 4.99 Å². The lowest BCUT2D eigenvalue weighted by molar-refractivity contribution is 0.600. The van der Waals surface area contributed by atoms with Crippen molar-refractivity contribution in [2.45, 2.75) is 45.2 Å². The van der Waals surface area contributed by atoms with Gasteiger partial charge in [0.25, 0.3) is 0 Å². The van der Waals surface area contributed by atoms with Crippen molar-refractivity contribution >= 4 is 53.1 Å². The molecule has 1 aromatic carbocycles. The van der Waals surface area contributed by atoms with Gasteiger partial charge >= 0.3 is 0 Å². The Hall–Kier alpha value is -1.06. The zero-order valence-corrected chi connectivity index (χ0v) is 19.2. The van der Waals surface area contributed by atoms with E-state index in [4.69, 9.17) is 23.2 Å². The Morgan fingerprint density at radius 2 is 2.04 bits per heavy atom. The lowest BCUT2D eigenvalue weighted by Crippen LogP contribution is -2.38. The number of nitrogens with one attached hydrogen (secondary N) is 2. The number of hydrogen-bond acceptors (Lipinski definition) is 3. The summed E-state index contributed by atoms with van der Waals surface area (Å²) in [5.41, 5.74) is 0.974. The summed E-state index contributed by atoms with van der Waals surface area (Å²) in [5, 5.41) is 16.6. The molecule has 1 aromatic heterocycles. The number of halogens is 3. The molecule has 2 N–H and O–H groups in total. The smallest absolute Gasteiger partial charge is 0.191 e. The van der Waals surface area contributed by atoms with Crippen LogP contribution in [0.3, 0.4) is 0 Å². The van der Waals surface area contributed by atoms with Crippen LogP contribution in [0.5, 0.6) is 0 Å². The number of benzene rings is 1. The Balaban J connectivity index is 0.00000261. The molecule has 27 heavy (non-hydrogen) atoms. The molecule has 0 radical (unpaired) electrons. The monoisotopic (exact) mass is 522 g/mol. The van der Waals surface area contributed by atoms with Crippen molar-refractivity contribution in [3.05, 3.63) is 45.5 Å². The molecule has 0 fully saturated rings. The van der Waals surface area contributed by atoms with Gasteiger partial charge in [0, 0.05) is 49.6 Å². The van der Waals surface area contributed by atoms with Gasteiger partial charge in [-0.15, -0.1) is 34.2 Å². The second-order valence-corrected chi connectivity index (χ2v) is 7.18. The standard InChI is InChI=1S/C18H24Cl2N6.HI/c1-21-18(23-12-13-6-7-14(19)11-15(13)20)22-9-8-17-25-24-16-5-3-2-4-10-26(16)17;/h6-7,11H,2-5,8-10,12H2,1H3,(H2,21,22,23);1H. The van der Waals surface area contributed by atoms with E-state index < -0.39 is 0 Å². The topological polar surface area (TPSA) is 67.1 Å². The number of rotatable bonds is 5. The Labute approximate surface area is 187 Å². The lowest BCUT2D eigenvalue weighted by atomic mass is 10.2. The third-order valence-corrected chi connectivity index (χ3v) is 5.10. The minimum absolute atomic E-state index is 0. The van der Waals surface area contributed by atoms with E-state index >= 15 is 0 Å². The van der Waals surface area contributed by atoms with E-state index in [0.29, 0.717) is 16.6 Å². The fraction of sp³-hybridized carbons (Fsp3) is 0.500. The summed E-state index contributed by atoms with van der Waals surface area (Å²) in [7, 11) is 1.75. The highest BCUT2D eigenvalue weighted by atomic mass is 127. The number of hydrogen-bond donors (Lipinski definition) is 2. The maximum atomic E-state index is 6.21. The summed E-state index contributed by atoms with van der Waals surface area (Å²) in [4.78, 5) is 4.25. The zero-order chi connectivity index (χ0) is 18.4. The van der Waals surface area contributed by atoms with E-state index in [1.165, 1.54) is 19.3 Å². The molecule has 0 bridgehead atoms. The van der Waals surface area contributed by atoms with Crippen LogP contribution in [-0.2, 0) is 25.9 Å². The lowest BCUT2D eigenvalue weighted by Gasteiger charge is -2.13. The van der Waals surface area contributed by atoms with Crippen LogP contribution in [0.15, 0.2) is 23.2 Å². The molecule has 0 unspecified atom stereocenters. The van der Waals surface area contributed by atoms with E-state index in [2.05, 4.69) is 30.4 Å². The second kappa shape index (κ2) is 11.1. The molecule has 2 aromatic rings. The molecule has 6 nitrogen and oxygen atoms in total. The predicted molar refractivity (Wildman–Crippen MR) is 121 cm³/mol. The Bertz CT molecular complexity index is 777. The van der Waals surface area contributed by atoms with Crippen LogP contribution in [0.2, 0.25) is 10.0 Å². The summed E-state index contributed by atoms with van der Waals surface area (Å²) >= 11 is 12.1. The van der Waals surface area contributed by atoms with E-state index in [9.17, 15) is 0 Å². The molecule has 1 aliphatic heterocycles. The SMILES string of the molecule is CN=C(NCCc1nnc2n1CCCCC2)NCc1ccc(Cl)cc1Cl.I. The quantitative estimate of drug-likeness (QED) is 0.356. The van der Waals surface area contributed by atoms with Crippen LogP contribution in [0.4, 0.5) is 0 Å².